The van der Waals surface area contributed by atoms with Gasteiger partial charge in [0.05, 0.1) is 17.0 Å². The van der Waals surface area contributed by atoms with Crippen molar-refractivity contribution in [2.45, 2.75) is 40.0 Å². The summed E-state index contributed by atoms with van der Waals surface area (Å²) in [5, 5.41) is 4.87. The topological polar surface area (TPSA) is 43.6 Å². The van der Waals surface area contributed by atoms with E-state index in [1.165, 1.54) is 0 Å². The third-order valence-corrected chi connectivity index (χ3v) is 3.39. The Hall–Kier alpha value is -1.42. The van der Waals surface area contributed by atoms with Crippen LogP contribution in [0.15, 0.2) is 6.07 Å². The predicted octanol–water partition coefficient (Wildman–Crippen LogP) is 3.44. The Morgan fingerprint density at radius 3 is 2.26 bits per heavy atom. The van der Waals surface area contributed by atoms with Crippen LogP contribution in [0.5, 0.6) is 0 Å². The Morgan fingerprint density at radius 2 is 1.79 bits per heavy atom. The summed E-state index contributed by atoms with van der Waals surface area (Å²) in [7, 11) is 1.92. The molecule has 102 valence electrons. The maximum atomic E-state index is 6.14. The SMILES string of the molecule is Cc1nn(C)c(C)c1-c1nc(Cl)cc(C(C)(C)C)n1. The quantitative estimate of drug-likeness (QED) is 0.751. The van der Waals surface area contributed by atoms with E-state index in [0.29, 0.717) is 11.0 Å². The number of hydrogen-bond donors (Lipinski definition) is 0. The van der Waals surface area contributed by atoms with Gasteiger partial charge < -0.3 is 0 Å². The van der Waals surface area contributed by atoms with Crippen molar-refractivity contribution in [2.75, 3.05) is 0 Å². The molecular formula is C14H19ClN4. The Morgan fingerprint density at radius 1 is 1.16 bits per heavy atom. The zero-order valence-corrected chi connectivity index (χ0v) is 13.0. The molecule has 0 atom stereocenters. The number of hydrogen-bond acceptors (Lipinski definition) is 3. The van der Waals surface area contributed by atoms with E-state index in [1.54, 1.807) is 0 Å². The monoisotopic (exact) mass is 278 g/mol. The van der Waals surface area contributed by atoms with Gasteiger partial charge in [-0.15, -0.1) is 0 Å². The van der Waals surface area contributed by atoms with Crippen LogP contribution >= 0.6 is 11.6 Å². The number of aryl methyl sites for hydroxylation is 2. The molecule has 0 unspecified atom stereocenters. The van der Waals surface area contributed by atoms with Crippen molar-refractivity contribution in [3.63, 3.8) is 0 Å². The van der Waals surface area contributed by atoms with Gasteiger partial charge in [-0.3, -0.25) is 4.68 Å². The highest BCUT2D eigenvalue weighted by Crippen LogP contribution is 2.28. The van der Waals surface area contributed by atoms with Crippen LogP contribution in [0.1, 0.15) is 37.9 Å². The Balaban J connectivity index is 2.66. The lowest BCUT2D eigenvalue weighted by atomic mass is 9.92. The highest BCUT2D eigenvalue weighted by Gasteiger charge is 2.21. The molecule has 19 heavy (non-hydrogen) atoms. The zero-order valence-electron chi connectivity index (χ0n) is 12.2. The molecule has 0 aromatic carbocycles. The van der Waals surface area contributed by atoms with Gasteiger partial charge in [-0.2, -0.15) is 5.10 Å². The fraction of sp³-hybridized carbons (Fsp3) is 0.500. The second kappa shape index (κ2) is 4.60. The fourth-order valence-corrected chi connectivity index (χ4v) is 2.19. The largest absolute Gasteiger partial charge is 0.272 e. The summed E-state index contributed by atoms with van der Waals surface area (Å²) < 4.78 is 1.84. The van der Waals surface area contributed by atoms with E-state index in [0.717, 1.165) is 22.6 Å². The molecule has 2 rings (SSSR count). The third kappa shape index (κ3) is 2.63. The minimum absolute atomic E-state index is 0.0641. The van der Waals surface area contributed by atoms with Crippen molar-refractivity contribution in [2.24, 2.45) is 7.05 Å². The first-order chi connectivity index (χ1) is 8.70. The molecule has 0 aliphatic rings. The van der Waals surface area contributed by atoms with E-state index in [2.05, 4.69) is 35.8 Å². The summed E-state index contributed by atoms with van der Waals surface area (Å²) in [6.07, 6.45) is 0. The van der Waals surface area contributed by atoms with Gasteiger partial charge in [0.2, 0.25) is 0 Å². The number of halogens is 1. The van der Waals surface area contributed by atoms with Crippen LogP contribution in [0.4, 0.5) is 0 Å². The number of aromatic nitrogens is 4. The van der Waals surface area contributed by atoms with Crippen molar-refractivity contribution >= 4 is 11.6 Å². The van der Waals surface area contributed by atoms with Crippen LogP contribution in [0.3, 0.4) is 0 Å². The Bertz CT molecular complexity index is 623. The first kappa shape index (κ1) is 14.0. The second-order valence-electron chi connectivity index (χ2n) is 5.82. The molecule has 0 saturated heterocycles. The maximum Gasteiger partial charge on any atom is 0.164 e. The van der Waals surface area contributed by atoms with E-state index in [-0.39, 0.29) is 5.41 Å². The van der Waals surface area contributed by atoms with Crippen molar-refractivity contribution in [1.29, 1.82) is 0 Å². The zero-order chi connectivity index (χ0) is 14.4. The Labute approximate surface area is 118 Å². The molecule has 0 bridgehead atoms. The van der Waals surface area contributed by atoms with E-state index < -0.39 is 0 Å². The van der Waals surface area contributed by atoms with E-state index in [9.17, 15) is 0 Å². The molecule has 4 nitrogen and oxygen atoms in total. The average Bonchev–Trinajstić information content (AvgIpc) is 2.51. The molecule has 0 fully saturated rings. The third-order valence-electron chi connectivity index (χ3n) is 3.20. The van der Waals surface area contributed by atoms with Crippen molar-refractivity contribution in [3.05, 3.63) is 28.3 Å². The smallest absolute Gasteiger partial charge is 0.164 e. The molecule has 5 heteroatoms. The average molecular weight is 279 g/mol. The van der Waals surface area contributed by atoms with Gasteiger partial charge in [-0.25, -0.2) is 9.97 Å². The highest BCUT2D eigenvalue weighted by atomic mass is 35.5. The standard InChI is InChI=1S/C14H19ClN4/c1-8-12(9(2)19(6)18-8)13-16-10(14(3,4)5)7-11(15)17-13/h7H,1-6H3. The van der Waals surface area contributed by atoms with Crippen LogP contribution in [0.25, 0.3) is 11.4 Å². The van der Waals surface area contributed by atoms with Gasteiger partial charge in [-0.05, 0) is 19.9 Å². The molecule has 2 aromatic rings. The summed E-state index contributed by atoms with van der Waals surface area (Å²) in [5.74, 6) is 0.653. The second-order valence-corrected chi connectivity index (χ2v) is 6.21. The normalized spacial score (nSPS) is 11.9. The molecule has 0 amide bonds. The summed E-state index contributed by atoms with van der Waals surface area (Å²) in [6.45, 7) is 10.3. The van der Waals surface area contributed by atoms with Crippen LogP contribution in [-0.4, -0.2) is 19.7 Å². The van der Waals surface area contributed by atoms with Gasteiger partial charge >= 0.3 is 0 Å². The highest BCUT2D eigenvalue weighted by molar-refractivity contribution is 6.29. The lowest BCUT2D eigenvalue weighted by molar-refractivity contribution is 0.568. The Kier molecular flexibility index (Phi) is 3.39. The van der Waals surface area contributed by atoms with Gasteiger partial charge in [0, 0.05) is 18.2 Å². The lowest BCUT2D eigenvalue weighted by Gasteiger charge is -2.18. The fourth-order valence-electron chi connectivity index (χ4n) is 2.01. The van der Waals surface area contributed by atoms with E-state index in [4.69, 9.17) is 11.6 Å². The van der Waals surface area contributed by atoms with Crippen molar-refractivity contribution < 1.29 is 0 Å². The number of rotatable bonds is 1. The molecule has 2 aromatic heterocycles. The summed E-state index contributed by atoms with van der Waals surface area (Å²) in [5.41, 5.74) is 3.80. The molecule has 0 radical (unpaired) electrons. The van der Waals surface area contributed by atoms with Gasteiger partial charge in [0.25, 0.3) is 0 Å². The molecule has 2 heterocycles. The van der Waals surface area contributed by atoms with E-state index >= 15 is 0 Å². The first-order valence-electron chi connectivity index (χ1n) is 6.26. The number of nitrogens with zero attached hydrogens (tertiary/aromatic N) is 4. The molecule has 0 aliphatic heterocycles. The van der Waals surface area contributed by atoms with Gasteiger partial charge in [0.1, 0.15) is 5.15 Å². The minimum atomic E-state index is -0.0641. The first-order valence-corrected chi connectivity index (χ1v) is 6.63. The minimum Gasteiger partial charge on any atom is -0.272 e. The van der Waals surface area contributed by atoms with Crippen LogP contribution in [0, 0.1) is 13.8 Å². The molecule has 0 N–H and O–H groups in total. The molecular weight excluding hydrogens is 260 g/mol. The molecule has 0 spiro atoms. The summed E-state index contributed by atoms with van der Waals surface area (Å²) in [4.78, 5) is 9.01. The predicted molar refractivity (Wildman–Crippen MR) is 77.4 cm³/mol. The molecule has 0 aliphatic carbocycles. The van der Waals surface area contributed by atoms with Crippen molar-refractivity contribution in [3.8, 4) is 11.4 Å². The van der Waals surface area contributed by atoms with Gasteiger partial charge in [0.15, 0.2) is 5.82 Å². The lowest BCUT2D eigenvalue weighted by Crippen LogP contribution is -2.14. The van der Waals surface area contributed by atoms with Crippen LogP contribution in [-0.2, 0) is 12.5 Å². The summed E-state index contributed by atoms with van der Waals surface area (Å²) in [6, 6.07) is 1.83. The summed E-state index contributed by atoms with van der Waals surface area (Å²) >= 11 is 6.14. The van der Waals surface area contributed by atoms with Crippen molar-refractivity contribution in [1.82, 2.24) is 19.7 Å². The van der Waals surface area contributed by atoms with Gasteiger partial charge in [-0.1, -0.05) is 32.4 Å². The van der Waals surface area contributed by atoms with Crippen LogP contribution < -0.4 is 0 Å². The van der Waals surface area contributed by atoms with E-state index in [1.807, 2.05) is 31.6 Å². The maximum absolute atomic E-state index is 6.14. The van der Waals surface area contributed by atoms with Crippen LogP contribution in [0.2, 0.25) is 5.15 Å². The molecule has 0 saturated carbocycles.